The summed E-state index contributed by atoms with van der Waals surface area (Å²) in [6.45, 7) is 2.30. The number of ether oxygens (including phenoxy) is 2. The van der Waals surface area contributed by atoms with Gasteiger partial charge in [0.2, 0.25) is 0 Å². The van der Waals surface area contributed by atoms with Crippen molar-refractivity contribution >= 4 is 11.9 Å². The molecule has 0 saturated carbocycles. The van der Waals surface area contributed by atoms with Crippen LogP contribution in [0.15, 0.2) is 122 Å². The molecule has 0 unspecified atom stereocenters. The first kappa shape index (κ1) is 28.7. The Bertz CT molecular complexity index is 1500. The molecular formula is C34H30F2N2O4. The van der Waals surface area contributed by atoms with Crippen LogP contribution in [0.25, 0.3) is 0 Å². The quantitative estimate of drug-likeness (QED) is 0.254. The van der Waals surface area contributed by atoms with E-state index in [0.717, 1.165) is 16.7 Å². The summed E-state index contributed by atoms with van der Waals surface area (Å²) < 4.78 is 36.3. The molecule has 0 N–H and O–H groups in total. The number of halogens is 2. The number of benzene rings is 4. The van der Waals surface area contributed by atoms with Crippen molar-refractivity contribution in [3.05, 3.63) is 156 Å². The van der Waals surface area contributed by atoms with E-state index in [-0.39, 0.29) is 23.6 Å². The Balaban J connectivity index is 0.000000168. The highest BCUT2D eigenvalue weighted by atomic mass is 19.1. The lowest BCUT2D eigenvalue weighted by Crippen LogP contribution is -2.42. The van der Waals surface area contributed by atoms with E-state index in [1.807, 2.05) is 65.6 Å². The molecule has 2 atom stereocenters. The van der Waals surface area contributed by atoms with Gasteiger partial charge >= 0.3 is 11.9 Å². The summed E-state index contributed by atoms with van der Waals surface area (Å²) in [5, 5.41) is 0. The smallest absolute Gasteiger partial charge is 0.338 e. The maximum Gasteiger partial charge on any atom is 0.338 e. The van der Waals surface area contributed by atoms with E-state index in [9.17, 15) is 18.4 Å². The summed E-state index contributed by atoms with van der Waals surface area (Å²) in [6, 6.07) is 30.7. The summed E-state index contributed by atoms with van der Waals surface area (Å²) in [7, 11) is 0. The van der Waals surface area contributed by atoms with Gasteiger partial charge in [-0.25, -0.2) is 18.4 Å². The van der Waals surface area contributed by atoms with Gasteiger partial charge in [0.15, 0.2) is 6.04 Å². The van der Waals surface area contributed by atoms with Gasteiger partial charge in [0.05, 0.1) is 0 Å². The number of esters is 2. The molecule has 0 amide bonds. The van der Waals surface area contributed by atoms with Gasteiger partial charge in [-0.3, -0.25) is 4.90 Å². The zero-order chi connectivity index (χ0) is 29.3. The topological polar surface area (TPSA) is 59.1 Å². The van der Waals surface area contributed by atoms with Crippen LogP contribution in [0.1, 0.15) is 34.3 Å². The third-order valence-electron chi connectivity index (χ3n) is 7.01. The Kier molecular flexibility index (Phi) is 9.36. The molecule has 0 radical (unpaired) electrons. The second-order valence-electron chi connectivity index (χ2n) is 9.91. The van der Waals surface area contributed by atoms with Crippen molar-refractivity contribution in [1.82, 2.24) is 9.80 Å². The second kappa shape index (κ2) is 13.7. The molecule has 1 fully saturated rings. The lowest BCUT2D eigenvalue weighted by atomic mass is 10.0. The maximum atomic E-state index is 13.1. The summed E-state index contributed by atoms with van der Waals surface area (Å²) in [5.74, 6) is -1.27. The molecule has 2 heterocycles. The Hall–Kier alpha value is -4.82. The minimum absolute atomic E-state index is 0.274. The van der Waals surface area contributed by atoms with Gasteiger partial charge in [-0.15, -0.1) is 0 Å². The van der Waals surface area contributed by atoms with Gasteiger partial charge in [-0.1, -0.05) is 84.9 Å². The first-order valence-electron chi connectivity index (χ1n) is 13.6. The van der Waals surface area contributed by atoms with E-state index in [0.29, 0.717) is 31.8 Å². The zero-order valence-electron chi connectivity index (χ0n) is 22.8. The van der Waals surface area contributed by atoms with Crippen molar-refractivity contribution in [3.8, 4) is 0 Å². The number of morpholine rings is 1. The van der Waals surface area contributed by atoms with Crippen LogP contribution in [0.3, 0.4) is 0 Å². The van der Waals surface area contributed by atoms with Crippen molar-refractivity contribution in [2.45, 2.75) is 25.2 Å². The van der Waals surface area contributed by atoms with Crippen molar-refractivity contribution in [2.24, 2.45) is 0 Å². The minimum Gasteiger partial charge on any atom is -0.463 e. The Morgan fingerprint density at radius 1 is 0.643 bits per heavy atom. The average molecular weight is 569 g/mol. The average Bonchev–Trinajstić information content (AvgIpc) is 3.00. The highest BCUT2D eigenvalue weighted by Crippen LogP contribution is 2.29. The number of rotatable bonds is 6. The van der Waals surface area contributed by atoms with Gasteiger partial charge in [0, 0.05) is 25.8 Å². The minimum atomic E-state index is -0.559. The highest BCUT2D eigenvalue weighted by Gasteiger charge is 2.33. The van der Waals surface area contributed by atoms with Crippen LogP contribution >= 0.6 is 0 Å². The van der Waals surface area contributed by atoms with E-state index >= 15 is 0 Å². The first-order valence-corrected chi connectivity index (χ1v) is 13.6. The third-order valence-corrected chi connectivity index (χ3v) is 7.01. The van der Waals surface area contributed by atoms with Gasteiger partial charge < -0.3 is 14.4 Å². The van der Waals surface area contributed by atoms with E-state index in [4.69, 9.17) is 9.47 Å². The zero-order valence-corrected chi connectivity index (χ0v) is 22.8. The molecule has 6 rings (SSSR count). The van der Waals surface area contributed by atoms with Crippen LogP contribution < -0.4 is 0 Å². The van der Waals surface area contributed by atoms with E-state index in [1.165, 1.54) is 30.5 Å². The van der Waals surface area contributed by atoms with Crippen LogP contribution in [0.5, 0.6) is 0 Å². The van der Waals surface area contributed by atoms with Crippen LogP contribution in [0, 0.1) is 11.6 Å². The number of carbonyl (C=O) groups is 2. The van der Waals surface area contributed by atoms with E-state index in [1.54, 1.807) is 30.5 Å². The Labute approximate surface area is 243 Å². The predicted molar refractivity (Wildman–Crippen MR) is 153 cm³/mol. The normalized spacial score (nSPS) is 18.5. The molecule has 8 heteroatoms. The predicted octanol–water partition coefficient (Wildman–Crippen LogP) is 6.32. The molecule has 214 valence electrons. The van der Waals surface area contributed by atoms with Crippen molar-refractivity contribution in [2.75, 3.05) is 13.2 Å². The fourth-order valence-corrected chi connectivity index (χ4v) is 4.97. The maximum absolute atomic E-state index is 13.1. The van der Waals surface area contributed by atoms with Crippen molar-refractivity contribution in [3.63, 3.8) is 0 Å². The molecule has 0 bridgehead atoms. The molecule has 0 aliphatic carbocycles. The van der Waals surface area contributed by atoms with Gasteiger partial charge in [0.25, 0.3) is 0 Å². The molecule has 0 spiro atoms. The Morgan fingerprint density at radius 3 is 1.74 bits per heavy atom. The number of nitrogens with zero attached hydrogens (tertiary/aromatic N) is 2. The molecule has 2 aliphatic heterocycles. The molecule has 0 aromatic heterocycles. The van der Waals surface area contributed by atoms with Crippen molar-refractivity contribution in [1.29, 1.82) is 0 Å². The fraction of sp³-hybridized carbons (Fsp3) is 0.176. The SMILES string of the molecule is O=C1OC=CN(Cc2ccccc2)[C@H]1c1ccc(F)cc1.O=C1OCCN(Cc2ccccc2)[C@H]1c1ccc(F)cc1. The molecule has 4 aromatic rings. The number of carbonyl (C=O) groups excluding carboxylic acids is 2. The molecular weight excluding hydrogens is 538 g/mol. The molecule has 4 aromatic carbocycles. The standard InChI is InChI=1S/C17H16FNO2.C17H14FNO2/c2*18-15-8-6-14(7-9-15)16-17(20)21-11-10-19(16)12-13-4-2-1-3-5-13/h1-9,16H,10-12H2;1-11,16H,12H2/t2*16-/m00/s1. The summed E-state index contributed by atoms with van der Waals surface area (Å²) in [5.41, 5.74) is 3.70. The fourth-order valence-electron chi connectivity index (χ4n) is 4.97. The van der Waals surface area contributed by atoms with E-state index < -0.39 is 12.1 Å². The molecule has 42 heavy (non-hydrogen) atoms. The second-order valence-corrected chi connectivity index (χ2v) is 9.91. The first-order chi connectivity index (χ1) is 20.5. The number of hydrogen-bond acceptors (Lipinski definition) is 6. The largest absolute Gasteiger partial charge is 0.463 e. The summed E-state index contributed by atoms with van der Waals surface area (Å²) in [4.78, 5) is 28.1. The van der Waals surface area contributed by atoms with Crippen LogP contribution in [0.2, 0.25) is 0 Å². The number of hydrogen-bond donors (Lipinski definition) is 0. The summed E-state index contributed by atoms with van der Waals surface area (Å²) >= 11 is 0. The van der Waals surface area contributed by atoms with Crippen LogP contribution in [0.4, 0.5) is 8.78 Å². The van der Waals surface area contributed by atoms with Crippen LogP contribution in [-0.2, 0) is 32.2 Å². The molecule has 1 saturated heterocycles. The lowest BCUT2D eigenvalue weighted by Gasteiger charge is -2.34. The third kappa shape index (κ3) is 7.27. The molecule has 2 aliphatic rings. The van der Waals surface area contributed by atoms with Gasteiger partial charge in [-0.05, 0) is 46.5 Å². The van der Waals surface area contributed by atoms with Gasteiger partial charge in [-0.2, -0.15) is 0 Å². The highest BCUT2D eigenvalue weighted by molar-refractivity contribution is 5.79. The number of cyclic esters (lactones) is 2. The lowest BCUT2D eigenvalue weighted by molar-refractivity contribution is -0.158. The Morgan fingerprint density at radius 2 is 1.17 bits per heavy atom. The van der Waals surface area contributed by atoms with Crippen LogP contribution in [-0.4, -0.2) is 34.9 Å². The van der Waals surface area contributed by atoms with E-state index in [2.05, 4.69) is 4.90 Å². The van der Waals surface area contributed by atoms with Crippen molar-refractivity contribution < 1.29 is 27.8 Å². The van der Waals surface area contributed by atoms with Gasteiger partial charge in [0.1, 0.15) is 30.5 Å². The summed E-state index contributed by atoms with van der Waals surface area (Å²) in [6.07, 6.45) is 3.12. The molecule has 6 nitrogen and oxygen atoms in total. The monoisotopic (exact) mass is 568 g/mol.